The molecule has 3 rings (SSSR count). The number of anilines is 1. The Labute approximate surface area is 193 Å². The van der Waals surface area contributed by atoms with Crippen molar-refractivity contribution in [1.29, 1.82) is 5.26 Å². The number of hydrogen-bond donors (Lipinski definition) is 2. The summed E-state index contributed by atoms with van der Waals surface area (Å²) in [6.07, 6.45) is 1.78. The molecule has 2 aromatic carbocycles. The predicted octanol–water partition coefficient (Wildman–Crippen LogP) is 2.99. The molecule has 1 heterocycles. The third kappa shape index (κ3) is 5.67. The highest BCUT2D eigenvalue weighted by Gasteiger charge is 2.17. The number of thioether (sulfide) groups is 1. The standard InChI is InChI=1S/C20H20N6O5S2/c1-2-3-8-25-18-7-5-15(33(22,30)31)10-17(18)24-20(25)32-12-19(27)23-16-6-4-14(26(28)29)9-13(16)11-21/h4-7,9-10H,2-3,8,12H2,1H3,(H,23,27)(H2,22,30,31). The van der Waals surface area contributed by atoms with Gasteiger partial charge in [0.1, 0.15) is 6.07 Å². The normalized spacial score (nSPS) is 11.3. The number of benzene rings is 2. The second-order valence-corrected chi connectivity index (χ2v) is 9.53. The van der Waals surface area contributed by atoms with E-state index in [9.17, 15) is 28.6 Å². The van der Waals surface area contributed by atoms with Crippen LogP contribution in [0.15, 0.2) is 46.5 Å². The Kier molecular flexibility index (Phi) is 7.32. The average molecular weight is 489 g/mol. The summed E-state index contributed by atoms with van der Waals surface area (Å²) in [6.45, 7) is 2.67. The Morgan fingerprint density at radius 1 is 1.33 bits per heavy atom. The highest BCUT2D eigenvalue weighted by molar-refractivity contribution is 7.99. The second kappa shape index (κ2) is 9.99. The number of nitrogens with zero attached hydrogens (tertiary/aromatic N) is 4. The minimum Gasteiger partial charge on any atom is -0.324 e. The van der Waals surface area contributed by atoms with Crippen molar-refractivity contribution < 1.29 is 18.1 Å². The van der Waals surface area contributed by atoms with Crippen LogP contribution in [0, 0.1) is 21.4 Å². The highest BCUT2D eigenvalue weighted by atomic mass is 32.2. The number of nitrogens with one attached hydrogen (secondary N) is 1. The maximum atomic E-state index is 12.5. The van der Waals surface area contributed by atoms with Crippen molar-refractivity contribution in [2.75, 3.05) is 11.1 Å². The van der Waals surface area contributed by atoms with Crippen molar-refractivity contribution in [1.82, 2.24) is 9.55 Å². The maximum absolute atomic E-state index is 12.5. The summed E-state index contributed by atoms with van der Waals surface area (Å²) in [5.41, 5.74) is 1.07. The molecule has 3 N–H and O–H groups in total. The van der Waals surface area contributed by atoms with Crippen LogP contribution >= 0.6 is 11.8 Å². The number of nitro benzene ring substituents is 1. The predicted molar refractivity (Wildman–Crippen MR) is 123 cm³/mol. The van der Waals surface area contributed by atoms with E-state index in [1.54, 1.807) is 6.07 Å². The van der Waals surface area contributed by atoms with Crippen LogP contribution in [0.4, 0.5) is 11.4 Å². The Morgan fingerprint density at radius 3 is 2.73 bits per heavy atom. The number of non-ortho nitro benzene ring substituents is 1. The molecular formula is C20H20N6O5S2. The van der Waals surface area contributed by atoms with Gasteiger partial charge in [-0.1, -0.05) is 25.1 Å². The summed E-state index contributed by atoms with van der Waals surface area (Å²) in [6, 6.07) is 9.89. The zero-order chi connectivity index (χ0) is 24.2. The monoisotopic (exact) mass is 488 g/mol. The summed E-state index contributed by atoms with van der Waals surface area (Å²) in [5, 5.41) is 28.4. The van der Waals surface area contributed by atoms with Crippen LogP contribution in [-0.4, -0.2) is 34.6 Å². The van der Waals surface area contributed by atoms with Crippen LogP contribution in [0.5, 0.6) is 0 Å². The minimum absolute atomic E-state index is 0.0201. The molecule has 0 aliphatic heterocycles. The molecule has 1 amide bonds. The van der Waals surface area contributed by atoms with E-state index in [-0.39, 0.29) is 27.6 Å². The number of carbonyl (C=O) groups is 1. The molecule has 0 saturated carbocycles. The lowest BCUT2D eigenvalue weighted by molar-refractivity contribution is -0.384. The van der Waals surface area contributed by atoms with Crippen molar-refractivity contribution in [3.8, 4) is 6.07 Å². The van der Waals surface area contributed by atoms with E-state index in [0.29, 0.717) is 17.2 Å². The number of rotatable bonds is 9. The number of aromatic nitrogens is 2. The molecule has 13 heteroatoms. The third-order valence-corrected chi connectivity index (χ3v) is 6.58. The zero-order valence-electron chi connectivity index (χ0n) is 17.5. The Balaban J connectivity index is 1.82. The van der Waals surface area contributed by atoms with E-state index in [4.69, 9.17) is 5.14 Å². The largest absolute Gasteiger partial charge is 0.324 e. The lowest BCUT2D eigenvalue weighted by Gasteiger charge is -2.09. The number of sulfonamides is 1. The molecule has 0 atom stereocenters. The van der Waals surface area contributed by atoms with Crippen LogP contribution in [0.3, 0.4) is 0 Å². The second-order valence-electron chi connectivity index (χ2n) is 7.03. The number of hydrogen-bond acceptors (Lipinski definition) is 8. The van der Waals surface area contributed by atoms with Gasteiger partial charge >= 0.3 is 0 Å². The minimum atomic E-state index is -3.88. The number of carbonyl (C=O) groups excluding carboxylic acids is 1. The molecule has 0 spiro atoms. The molecule has 11 nitrogen and oxygen atoms in total. The zero-order valence-corrected chi connectivity index (χ0v) is 19.1. The molecule has 0 aliphatic rings. The number of nitrogens with two attached hydrogens (primary N) is 1. The number of imidazole rings is 1. The van der Waals surface area contributed by atoms with Crippen molar-refractivity contribution in [3.05, 3.63) is 52.1 Å². The lowest BCUT2D eigenvalue weighted by atomic mass is 10.1. The first-order valence-corrected chi connectivity index (χ1v) is 12.3. The average Bonchev–Trinajstić information content (AvgIpc) is 3.12. The van der Waals surface area contributed by atoms with Gasteiger partial charge in [-0.3, -0.25) is 14.9 Å². The van der Waals surface area contributed by atoms with E-state index >= 15 is 0 Å². The van der Waals surface area contributed by atoms with Gasteiger partial charge in [-0.05, 0) is 30.7 Å². The van der Waals surface area contributed by atoms with Crippen molar-refractivity contribution >= 4 is 50.1 Å². The third-order valence-electron chi connectivity index (χ3n) is 4.69. The molecule has 33 heavy (non-hydrogen) atoms. The molecule has 0 aliphatic carbocycles. The van der Waals surface area contributed by atoms with Crippen LogP contribution in [0.1, 0.15) is 25.3 Å². The van der Waals surface area contributed by atoms with Crippen molar-refractivity contribution in [2.45, 2.75) is 36.4 Å². The fourth-order valence-corrected chi connectivity index (χ4v) is 4.45. The molecule has 3 aromatic rings. The fraction of sp³-hybridized carbons (Fsp3) is 0.250. The van der Waals surface area contributed by atoms with Gasteiger partial charge in [0.15, 0.2) is 5.16 Å². The number of aryl methyl sites for hydroxylation is 1. The summed E-state index contributed by atoms with van der Waals surface area (Å²) >= 11 is 1.15. The molecule has 0 fully saturated rings. The summed E-state index contributed by atoms with van der Waals surface area (Å²) in [4.78, 5) is 27.2. The van der Waals surface area contributed by atoms with E-state index in [1.807, 2.05) is 17.6 Å². The maximum Gasteiger partial charge on any atom is 0.270 e. The van der Waals surface area contributed by atoms with Crippen LogP contribution in [0.2, 0.25) is 0 Å². The van der Waals surface area contributed by atoms with Crippen LogP contribution in [0.25, 0.3) is 11.0 Å². The number of primary sulfonamides is 1. The first-order chi connectivity index (χ1) is 15.6. The van der Waals surface area contributed by atoms with Crippen molar-refractivity contribution in [2.24, 2.45) is 5.14 Å². The number of nitriles is 1. The van der Waals surface area contributed by atoms with E-state index in [2.05, 4.69) is 10.3 Å². The van der Waals surface area contributed by atoms with Gasteiger partial charge in [0, 0.05) is 18.7 Å². The molecule has 0 unspecified atom stereocenters. The molecule has 0 saturated heterocycles. The summed E-state index contributed by atoms with van der Waals surface area (Å²) in [5.74, 6) is -0.469. The van der Waals surface area contributed by atoms with Crippen LogP contribution in [-0.2, 0) is 21.4 Å². The van der Waals surface area contributed by atoms with Gasteiger partial charge in [0.2, 0.25) is 15.9 Å². The molecule has 1 aromatic heterocycles. The van der Waals surface area contributed by atoms with Gasteiger partial charge in [-0.2, -0.15) is 5.26 Å². The molecule has 172 valence electrons. The number of nitro groups is 1. The highest BCUT2D eigenvalue weighted by Crippen LogP contribution is 2.27. The SMILES string of the molecule is CCCCn1c(SCC(=O)Nc2ccc([N+](=O)[O-])cc2C#N)nc2cc(S(N)(=O)=O)ccc21. The topological polar surface area (TPSA) is 174 Å². The number of unbranched alkanes of at least 4 members (excludes halogenated alkanes) is 1. The van der Waals surface area contributed by atoms with Gasteiger partial charge in [0.05, 0.1) is 37.9 Å². The first-order valence-electron chi connectivity index (χ1n) is 9.78. The smallest absolute Gasteiger partial charge is 0.270 e. The molecule has 0 radical (unpaired) electrons. The van der Waals surface area contributed by atoms with E-state index in [0.717, 1.165) is 36.2 Å². The quantitative estimate of drug-likeness (QED) is 0.262. The summed E-state index contributed by atoms with van der Waals surface area (Å²) in [7, 11) is -3.88. The Bertz CT molecular complexity index is 1380. The van der Waals surface area contributed by atoms with Crippen LogP contribution < -0.4 is 10.5 Å². The lowest BCUT2D eigenvalue weighted by Crippen LogP contribution is -2.15. The molecular weight excluding hydrogens is 468 g/mol. The van der Waals surface area contributed by atoms with E-state index in [1.165, 1.54) is 24.3 Å². The van der Waals surface area contributed by atoms with E-state index < -0.39 is 20.9 Å². The van der Waals surface area contributed by atoms with Gasteiger partial charge in [-0.25, -0.2) is 18.5 Å². The van der Waals surface area contributed by atoms with Gasteiger partial charge in [0.25, 0.3) is 5.69 Å². The number of amides is 1. The summed E-state index contributed by atoms with van der Waals surface area (Å²) < 4.78 is 25.2. The molecule has 0 bridgehead atoms. The Morgan fingerprint density at radius 2 is 2.09 bits per heavy atom. The first kappa shape index (κ1) is 24.2. The van der Waals surface area contributed by atoms with Gasteiger partial charge in [-0.15, -0.1) is 0 Å². The number of fused-ring (bicyclic) bond motifs is 1. The van der Waals surface area contributed by atoms with Crippen molar-refractivity contribution in [3.63, 3.8) is 0 Å². The fourth-order valence-electron chi connectivity index (χ4n) is 3.07. The Hall–Kier alpha value is -3.47. The van der Waals surface area contributed by atoms with Gasteiger partial charge < -0.3 is 9.88 Å².